The van der Waals surface area contributed by atoms with E-state index < -0.39 is 17.5 Å². The Morgan fingerprint density at radius 3 is 2.32 bits per heavy atom. The molecule has 0 radical (unpaired) electrons. The highest BCUT2D eigenvalue weighted by atomic mass is 19.2. The van der Waals surface area contributed by atoms with E-state index >= 15 is 0 Å². The van der Waals surface area contributed by atoms with E-state index in [4.69, 9.17) is 9.52 Å². The first-order valence-corrected chi connectivity index (χ1v) is 10.2. The number of aromatic nitrogens is 2. The van der Waals surface area contributed by atoms with Gasteiger partial charge in [0.1, 0.15) is 5.82 Å². The molecule has 0 saturated heterocycles. The second-order valence-corrected chi connectivity index (χ2v) is 5.81. The zero-order valence-corrected chi connectivity index (χ0v) is 18.4. The molecule has 0 amide bonds. The molecule has 3 aromatic rings. The van der Waals surface area contributed by atoms with Gasteiger partial charge in [-0.25, -0.2) is 13.2 Å². The van der Waals surface area contributed by atoms with Crippen LogP contribution in [0.15, 0.2) is 34.7 Å². The van der Waals surface area contributed by atoms with Crippen molar-refractivity contribution in [2.45, 2.75) is 41.0 Å². The summed E-state index contributed by atoms with van der Waals surface area (Å²) in [6.07, 6.45) is 0.475. The number of nitrogens with one attached hydrogen (secondary N) is 2. The van der Waals surface area contributed by atoms with Gasteiger partial charge in [0.05, 0.1) is 16.9 Å². The van der Waals surface area contributed by atoms with Gasteiger partial charge in [0.15, 0.2) is 11.6 Å². The van der Waals surface area contributed by atoms with Crippen LogP contribution in [0.4, 0.5) is 30.6 Å². The third-order valence-corrected chi connectivity index (χ3v) is 3.75. The average Bonchev–Trinajstić information content (AvgIpc) is 3.25. The first kappa shape index (κ1) is 26.0. The fourth-order valence-electron chi connectivity index (χ4n) is 2.39. The number of aliphatic hydroxyl groups excluding tert-OH is 1. The Hall–Kier alpha value is -3.07. The molecule has 0 spiro atoms. The Balaban J connectivity index is 0.00000113. The smallest absolute Gasteiger partial charge is 0.315 e. The van der Waals surface area contributed by atoms with Crippen molar-refractivity contribution in [3.8, 4) is 11.5 Å². The lowest BCUT2D eigenvalue weighted by Gasteiger charge is -2.12. The van der Waals surface area contributed by atoms with E-state index in [1.165, 1.54) is 18.2 Å². The number of rotatable bonds is 7. The molecule has 0 aliphatic carbocycles. The van der Waals surface area contributed by atoms with Crippen molar-refractivity contribution in [3.05, 3.63) is 53.3 Å². The van der Waals surface area contributed by atoms with Gasteiger partial charge in [0.25, 0.3) is 5.89 Å². The van der Waals surface area contributed by atoms with Crippen molar-refractivity contribution in [1.29, 1.82) is 0 Å². The van der Waals surface area contributed by atoms with E-state index in [1.807, 2.05) is 27.7 Å². The molecule has 0 fully saturated rings. The summed E-state index contributed by atoms with van der Waals surface area (Å²) in [5.41, 5.74) is 0.431. The van der Waals surface area contributed by atoms with Gasteiger partial charge in [-0.2, -0.15) is 0 Å². The summed E-state index contributed by atoms with van der Waals surface area (Å²) in [6.45, 7) is 10.1. The molecule has 0 bridgehead atoms. The van der Waals surface area contributed by atoms with E-state index in [1.54, 1.807) is 13.0 Å². The number of halogens is 3. The van der Waals surface area contributed by atoms with Crippen molar-refractivity contribution in [3.63, 3.8) is 0 Å². The fraction of sp³-hybridized carbons (Fsp3) is 0.364. The second-order valence-electron chi connectivity index (χ2n) is 5.81. The number of benzene rings is 2. The van der Waals surface area contributed by atoms with Crippen LogP contribution >= 0.6 is 0 Å². The van der Waals surface area contributed by atoms with Crippen LogP contribution in [-0.2, 0) is 0 Å². The summed E-state index contributed by atoms with van der Waals surface area (Å²) in [5, 5.41) is 21.7. The molecule has 31 heavy (non-hydrogen) atoms. The maximum Gasteiger partial charge on any atom is 0.315 e. The number of aryl methyl sites for hydroxylation is 1. The third-order valence-electron chi connectivity index (χ3n) is 3.75. The van der Waals surface area contributed by atoms with Gasteiger partial charge in [0, 0.05) is 13.2 Å². The lowest BCUT2D eigenvalue weighted by molar-refractivity contribution is 0.292. The molecule has 3 rings (SSSR count). The van der Waals surface area contributed by atoms with Crippen molar-refractivity contribution >= 4 is 17.4 Å². The molecular weight excluding hydrogens is 409 g/mol. The topological polar surface area (TPSA) is 83.2 Å². The molecule has 1 heterocycles. The normalized spacial score (nSPS) is 9.84. The molecule has 0 unspecified atom stereocenters. The maximum absolute atomic E-state index is 14.4. The predicted molar refractivity (Wildman–Crippen MR) is 117 cm³/mol. The highest BCUT2D eigenvalue weighted by Crippen LogP contribution is 2.34. The summed E-state index contributed by atoms with van der Waals surface area (Å²) in [7, 11) is 0. The number of hydrogen-bond donors (Lipinski definition) is 3. The Kier molecular flexibility index (Phi) is 11.1. The van der Waals surface area contributed by atoms with E-state index in [0.29, 0.717) is 18.5 Å². The van der Waals surface area contributed by atoms with Crippen molar-refractivity contribution in [1.82, 2.24) is 10.2 Å². The molecule has 0 aliphatic heterocycles. The zero-order valence-electron chi connectivity index (χ0n) is 18.4. The van der Waals surface area contributed by atoms with Crippen molar-refractivity contribution in [2.24, 2.45) is 0 Å². The van der Waals surface area contributed by atoms with Crippen LogP contribution in [0.2, 0.25) is 0 Å². The SMILES string of the molecule is CC.CC.Cc1ccc(Nc2c(-c3nnc(NCCCO)o3)ccc(F)c2F)c(F)c1. The van der Waals surface area contributed by atoms with E-state index in [2.05, 4.69) is 20.8 Å². The van der Waals surface area contributed by atoms with Gasteiger partial charge in [-0.1, -0.05) is 38.9 Å². The predicted octanol–water partition coefficient (Wildman–Crippen LogP) is 6.05. The van der Waals surface area contributed by atoms with Crippen LogP contribution < -0.4 is 10.6 Å². The van der Waals surface area contributed by atoms with E-state index in [-0.39, 0.29) is 35.5 Å². The van der Waals surface area contributed by atoms with E-state index in [0.717, 1.165) is 6.07 Å². The second kappa shape index (κ2) is 13.3. The largest absolute Gasteiger partial charge is 0.403 e. The standard InChI is InChI=1S/C18H17F3N4O2.2C2H6/c1-10-3-6-14(13(20)9-10)23-16-11(4-5-12(19)15(16)21)17-24-25-18(27-17)22-7-2-8-26;2*1-2/h3-6,9,23,26H,2,7-8H2,1H3,(H,22,25);2*1-2H3. The monoisotopic (exact) mass is 438 g/mol. The first-order valence-electron chi connectivity index (χ1n) is 10.2. The number of nitrogens with zero attached hydrogens (tertiary/aromatic N) is 2. The summed E-state index contributed by atoms with van der Waals surface area (Å²) in [6, 6.07) is 6.58. The Bertz CT molecular complexity index is 949. The van der Waals surface area contributed by atoms with Crippen LogP contribution in [0, 0.1) is 24.4 Å². The minimum Gasteiger partial charge on any atom is -0.403 e. The molecular formula is C22H29F3N4O2. The molecule has 0 aliphatic rings. The van der Waals surface area contributed by atoms with Crippen LogP contribution in [-0.4, -0.2) is 28.5 Å². The summed E-state index contributed by atoms with van der Waals surface area (Å²) in [4.78, 5) is 0. The van der Waals surface area contributed by atoms with Crippen LogP contribution in [0.1, 0.15) is 39.7 Å². The van der Waals surface area contributed by atoms with Gasteiger partial charge >= 0.3 is 6.01 Å². The van der Waals surface area contributed by atoms with Gasteiger partial charge < -0.3 is 20.2 Å². The highest BCUT2D eigenvalue weighted by Gasteiger charge is 2.20. The van der Waals surface area contributed by atoms with Crippen LogP contribution in [0.25, 0.3) is 11.5 Å². The maximum atomic E-state index is 14.4. The minimum absolute atomic E-state index is 0.00660. The zero-order chi connectivity index (χ0) is 23.4. The summed E-state index contributed by atoms with van der Waals surface area (Å²) in [5.74, 6) is -2.98. The highest BCUT2D eigenvalue weighted by molar-refractivity contribution is 5.78. The Labute approximate surface area is 180 Å². The molecule has 170 valence electrons. The lowest BCUT2D eigenvalue weighted by atomic mass is 10.1. The van der Waals surface area contributed by atoms with Crippen molar-refractivity contribution in [2.75, 3.05) is 23.8 Å². The first-order chi connectivity index (χ1) is 15.0. The fourth-order valence-corrected chi connectivity index (χ4v) is 2.39. The molecule has 6 nitrogen and oxygen atoms in total. The number of anilines is 3. The number of aliphatic hydroxyl groups is 1. The van der Waals surface area contributed by atoms with Crippen molar-refractivity contribution < 1.29 is 22.7 Å². The molecule has 0 saturated carbocycles. The Morgan fingerprint density at radius 1 is 0.968 bits per heavy atom. The van der Waals surface area contributed by atoms with Crippen LogP contribution in [0.3, 0.4) is 0 Å². The van der Waals surface area contributed by atoms with Crippen LogP contribution in [0.5, 0.6) is 0 Å². The number of hydrogen-bond acceptors (Lipinski definition) is 6. The van der Waals surface area contributed by atoms with Gasteiger partial charge in [0.2, 0.25) is 0 Å². The van der Waals surface area contributed by atoms with Gasteiger partial charge in [-0.15, -0.1) is 5.10 Å². The Morgan fingerprint density at radius 2 is 1.68 bits per heavy atom. The molecule has 1 aromatic heterocycles. The quantitative estimate of drug-likeness (QED) is 0.389. The summed E-state index contributed by atoms with van der Waals surface area (Å²) < 4.78 is 47.7. The minimum atomic E-state index is -1.19. The molecule has 3 N–H and O–H groups in total. The third kappa shape index (κ3) is 6.99. The van der Waals surface area contributed by atoms with Gasteiger partial charge in [-0.05, 0) is 43.2 Å². The van der Waals surface area contributed by atoms with Gasteiger partial charge in [-0.3, -0.25) is 0 Å². The molecule has 0 atom stereocenters. The summed E-state index contributed by atoms with van der Waals surface area (Å²) >= 11 is 0. The average molecular weight is 438 g/mol. The molecule has 9 heteroatoms. The van der Waals surface area contributed by atoms with E-state index in [9.17, 15) is 13.2 Å². The molecule has 2 aromatic carbocycles. The lowest BCUT2D eigenvalue weighted by Crippen LogP contribution is -2.03.